The van der Waals surface area contributed by atoms with Crippen molar-refractivity contribution < 1.29 is 0 Å². The lowest BCUT2D eigenvalue weighted by Gasteiger charge is -2.15. The molecular formula is C21H27N3S. The Morgan fingerprint density at radius 3 is 2.68 bits per heavy atom. The van der Waals surface area contributed by atoms with E-state index < -0.39 is 0 Å². The number of rotatable bonds is 7. The van der Waals surface area contributed by atoms with Crippen molar-refractivity contribution in [3.8, 4) is 10.6 Å². The Hall–Kier alpha value is -1.78. The van der Waals surface area contributed by atoms with Crippen LogP contribution in [0.3, 0.4) is 0 Å². The lowest BCUT2D eigenvalue weighted by Crippen LogP contribution is -2.18. The number of thiophene rings is 1. The van der Waals surface area contributed by atoms with Gasteiger partial charge in [0.1, 0.15) is 0 Å². The van der Waals surface area contributed by atoms with Crippen LogP contribution in [0.5, 0.6) is 0 Å². The molecule has 0 saturated carbocycles. The zero-order valence-corrected chi connectivity index (χ0v) is 16.4. The second-order valence-corrected chi connectivity index (χ2v) is 7.88. The van der Waals surface area contributed by atoms with Crippen molar-refractivity contribution in [1.29, 1.82) is 0 Å². The minimum atomic E-state index is 0.557. The van der Waals surface area contributed by atoms with E-state index in [0.717, 1.165) is 30.7 Å². The van der Waals surface area contributed by atoms with Crippen LogP contribution in [-0.2, 0) is 6.54 Å². The highest BCUT2D eigenvalue weighted by Gasteiger charge is 2.13. The fourth-order valence-corrected chi connectivity index (χ4v) is 4.35. The molecule has 3 aromatic rings. The molecule has 0 saturated heterocycles. The normalized spacial score (nSPS) is 12.8. The molecule has 0 fully saturated rings. The molecule has 3 heterocycles. The molecule has 3 nitrogen and oxygen atoms in total. The van der Waals surface area contributed by atoms with E-state index in [1.54, 1.807) is 0 Å². The lowest BCUT2D eigenvalue weighted by molar-refractivity contribution is 0.327. The van der Waals surface area contributed by atoms with Crippen molar-refractivity contribution in [2.45, 2.75) is 46.1 Å². The summed E-state index contributed by atoms with van der Waals surface area (Å²) in [6.07, 6.45) is 6.26. The van der Waals surface area contributed by atoms with E-state index in [4.69, 9.17) is 4.98 Å². The van der Waals surface area contributed by atoms with Crippen molar-refractivity contribution in [3.63, 3.8) is 0 Å². The minimum Gasteiger partial charge on any atom is -0.302 e. The monoisotopic (exact) mass is 353 g/mol. The van der Waals surface area contributed by atoms with E-state index in [9.17, 15) is 0 Å². The predicted molar refractivity (Wildman–Crippen MR) is 108 cm³/mol. The van der Waals surface area contributed by atoms with E-state index in [1.807, 2.05) is 23.7 Å². The molecule has 1 unspecified atom stereocenters. The summed E-state index contributed by atoms with van der Waals surface area (Å²) in [6.45, 7) is 8.80. The molecule has 0 bridgehead atoms. The van der Waals surface area contributed by atoms with Crippen molar-refractivity contribution in [2.24, 2.45) is 0 Å². The van der Waals surface area contributed by atoms with Crippen molar-refractivity contribution in [1.82, 2.24) is 14.9 Å². The first kappa shape index (κ1) is 18.0. The zero-order valence-electron chi connectivity index (χ0n) is 15.6. The molecule has 0 aliphatic heterocycles. The Labute approximate surface area is 154 Å². The Balaban J connectivity index is 1.87. The van der Waals surface area contributed by atoms with Gasteiger partial charge in [-0.15, -0.1) is 11.3 Å². The molecular weight excluding hydrogens is 326 g/mol. The van der Waals surface area contributed by atoms with Crippen molar-refractivity contribution in [2.75, 3.05) is 13.6 Å². The van der Waals surface area contributed by atoms with E-state index in [2.05, 4.69) is 62.0 Å². The maximum absolute atomic E-state index is 4.71. The van der Waals surface area contributed by atoms with Crippen LogP contribution in [-0.4, -0.2) is 28.5 Å². The van der Waals surface area contributed by atoms with Crippen molar-refractivity contribution in [3.05, 3.63) is 47.8 Å². The third-order valence-corrected chi connectivity index (χ3v) is 5.92. The van der Waals surface area contributed by atoms with Gasteiger partial charge < -0.3 is 4.90 Å². The van der Waals surface area contributed by atoms with Gasteiger partial charge >= 0.3 is 0 Å². The molecule has 0 aliphatic rings. The van der Waals surface area contributed by atoms with Gasteiger partial charge in [0.2, 0.25) is 0 Å². The van der Waals surface area contributed by atoms with Crippen LogP contribution in [0.2, 0.25) is 0 Å². The number of hydrogen-bond donors (Lipinski definition) is 0. The first-order valence-electron chi connectivity index (χ1n) is 9.14. The Kier molecular flexibility index (Phi) is 5.82. The van der Waals surface area contributed by atoms with Crippen molar-refractivity contribution >= 4 is 21.6 Å². The molecule has 4 heteroatoms. The summed E-state index contributed by atoms with van der Waals surface area (Å²) in [7, 11) is 2.16. The topological polar surface area (TPSA) is 29.0 Å². The van der Waals surface area contributed by atoms with Gasteiger partial charge in [-0.1, -0.05) is 26.8 Å². The molecule has 0 aliphatic carbocycles. The standard InChI is InChI=1S/C21H27N3S/c1-5-11-24(4)14-16-7-8-18(23-13-16)20-12-19-21(25-20)17(9-10-22-19)15(3)6-2/h7-10,12-13,15H,5-6,11,14H2,1-4H3. The van der Waals surface area contributed by atoms with Gasteiger partial charge in [-0.25, -0.2) is 0 Å². The zero-order chi connectivity index (χ0) is 17.8. The van der Waals surface area contributed by atoms with Gasteiger partial charge in [0.05, 0.1) is 20.8 Å². The minimum absolute atomic E-state index is 0.557. The molecule has 3 aromatic heterocycles. The fraction of sp³-hybridized carbons (Fsp3) is 0.429. The quantitative estimate of drug-likeness (QED) is 0.544. The van der Waals surface area contributed by atoms with Crippen LogP contribution in [0.4, 0.5) is 0 Å². The molecule has 3 rings (SSSR count). The molecule has 0 radical (unpaired) electrons. The highest BCUT2D eigenvalue weighted by Crippen LogP contribution is 2.36. The molecule has 0 amide bonds. The Bertz CT molecular complexity index is 823. The summed E-state index contributed by atoms with van der Waals surface area (Å²) in [6, 6.07) is 8.68. The third kappa shape index (κ3) is 4.07. The summed E-state index contributed by atoms with van der Waals surface area (Å²) in [4.78, 5) is 12.8. The SMILES string of the molecule is CCCN(C)Cc1ccc(-c2cc3nccc(C(C)CC)c3s2)nc1. The molecule has 0 aromatic carbocycles. The average Bonchev–Trinajstić information content (AvgIpc) is 3.06. The summed E-state index contributed by atoms with van der Waals surface area (Å²) in [5, 5.41) is 0. The molecule has 0 spiro atoms. The first-order valence-corrected chi connectivity index (χ1v) is 9.96. The summed E-state index contributed by atoms with van der Waals surface area (Å²) in [5.74, 6) is 0.557. The molecule has 0 N–H and O–H groups in total. The molecule has 1 atom stereocenters. The van der Waals surface area contributed by atoms with Gasteiger partial charge in [0.25, 0.3) is 0 Å². The van der Waals surface area contributed by atoms with E-state index >= 15 is 0 Å². The number of pyridine rings is 2. The van der Waals surface area contributed by atoms with Gasteiger partial charge in [-0.2, -0.15) is 0 Å². The number of hydrogen-bond acceptors (Lipinski definition) is 4. The van der Waals surface area contributed by atoms with E-state index in [0.29, 0.717) is 5.92 Å². The van der Waals surface area contributed by atoms with Crippen LogP contribution >= 0.6 is 11.3 Å². The first-order chi connectivity index (χ1) is 12.1. The van der Waals surface area contributed by atoms with Crippen LogP contribution < -0.4 is 0 Å². The largest absolute Gasteiger partial charge is 0.302 e. The smallest absolute Gasteiger partial charge is 0.0819 e. The summed E-state index contributed by atoms with van der Waals surface area (Å²) < 4.78 is 1.31. The summed E-state index contributed by atoms with van der Waals surface area (Å²) >= 11 is 1.81. The van der Waals surface area contributed by atoms with Gasteiger partial charge in [-0.05, 0) is 61.7 Å². The third-order valence-electron chi connectivity index (χ3n) is 4.72. The Morgan fingerprint density at radius 2 is 2.00 bits per heavy atom. The molecule has 132 valence electrons. The number of nitrogens with zero attached hydrogens (tertiary/aromatic N) is 3. The highest BCUT2D eigenvalue weighted by molar-refractivity contribution is 7.22. The maximum Gasteiger partial charge on any atom is 0.0819 e. The number of fused-ring (bicyclic) bond motifs is 1. The summed E-state index contributed by atoms with van der Waals surface area (Å²) in [5.41, 5.74) is 4.80. The fourth-order valence-electron chi connectivity index (χ4n) is 3.13. The van der Waals surface area contributed by atoms with E-state index in [-0.39, 0.29) is 0 Å². The van der Waals surface area contributed by atoms with Gasteiger partial charge in [0.15, 0.2) is 0 Å². The highest BCUT2D eigenvalue weighted by atomic mass is 32.1. The van der Waals surface area contributed by atoms with Crippen LogP contribution in [0.15, 0.2) is 36.7 Å². The van der Waals surface area contributed by atoms with Gasteiger partial charge in [0, 0.05) is 18.9 Å². The average molecular weight is 354 g/mol. The van der Waals surface area contributed by atoms with Crippen LogP contribution in [0, 0.1) is 0 Å². The second kappa shape index (κ2) is 8.07. The lowest BCUT2D eigenvalue weighted by atomic mass is 9.99. The van der Waals surface area contributed by atoms with Gasteiger partial charge in [-0.3, -0.25) is 9.97 Å². The van der Waals surface area contributed by atoms with Crippen LogP contribution in [0.25, 0.3) is 20.8 Å². The second-order valence-electron chi connectivity index (χ2n) is 6.82. The predicted octanol–water partition coefficient (Wildman–Crippen LogP) is 5.71. The number of aromatic nitrogens is 2. The molecule has 25 heavy (non-hydrogen) atoms. The Morgan fingerprint density at radius 1 is 1.16 bits per heavy atom. The van der Waals surface area contributed by atoms with E-state index in [1.165, 1.54) is 27.1 Å². The van der Waals surface area contributed by atoms with Crippen LogP contribution in [0.1, 0.15) is 50.7 Å². The maximum atomic E-state index is 4.71.